The van der Waals surface area contributed by atoms with Crippen molar-refractivity contribution in [3.8, 4) is 5.75 Å². The summed E-state index contributed by atoms with van der Waals surface area (Å²) in [5, 5.41) is 10.4. The summed E-state index contributed by atoms with van der Waals surface area (Å²) in [7, 11) is 1.77. The maximum Gasteiger partial charge on any atom is 0.269 e. The minimum absolute atomic E-state index is 0.00207. The number of ether oxygens (including phenoxy) is 1. The van der Waals surface area contributed by atoms with Gasteiger partial charge in [-0.1, -0.05) is 12.1 Å². The summed E-state index contributed by atoms with van der Waals surface area (Å²) in [5.74, 6) is 0.814. The molecule has 1 atom stereocenters. The maximum atomic E-state index is 12.6. The summed E-state index contributed by atoms with van der Waals surface area (Å²) in [4.78, 5) is 25.3. The second-order valence-corrected chi connectivity index (χ2v) is 7.20. The van der Waals surface area contributed by atoms with E-state index in [-0.39, 0.29) is 16.8 Å². The first-order valence-electron chi connectivity index (χ1n) is 8.28. The van der Waals surface area contributed by atoms with E-state index in [0.717, 1.165) is 16.2 Å². The van der Waals surface area contributed by atoms with Gasteiger partial charge in [0.1, 0.15) is 5.75 Å². The zero-order valence-corrected chi connectivity index (χ0v) is 15.9. The van der Waals surface area contributed by atoms with Crippen molar-refractivity contribution in [2.45, 2.75) is 30.5 Å². The number of hydrogen-bond donors (Lipinski definition) is 0. The predicted octanol–water partition coefficient (Wildman–Crippen LogP) is 4.13. The van der Waals surface area contributed by atoms with Gasteiger partial charge in [-0.15, -0.1) is 11.8 Å². The van der Waals surface area contributed by atoms with Gasteiger partial charge in [0.25, 0.3) is 5.69 Å². The number of amides is 1. The Morgan fingerprint density at radius 2 is 1.81 bits per heavy atom. The molecule has 0 aliphatic rings. The fourth-order valence-corrected chi connectivity index (χ4v) is 3.40. The Bertz CT molecular complexity index is 747. The normalized spacial score (nSPS) is 11.7. The molecule has 0 radical (unpaired) electrons. The van der Waals surface area contributed by atoms with Crippen molar-refractivity contribution in [3.63, 3.8) is 0 Å². The van der Waals surface area contributed by atoms with E-state index in [2.05, 4.69) is 0 Å². The smallest absolute Gasteiger partial charge is 0.269 e. The Hall–Kier alpha value is -2.54. The summed E-state index contributed by atoms with van der Waals surface area (Å²) >= 11 is 1.39. The van der Waals surface area contributed by atoms with Crippen LogP contribution >= 0.6 is 11.8 Å². The second kappa shape index (κ2) is 9.24. The van der Waals surface area contributed by atoms with E-state index in [1.165, 1.54) is 23.9 Å². The molecule has 0 aliphatic carbocycles. The van der Waals surface area contributed by atoms with Gasteiger partial charge in [-0.3, -0.25) is 14.9 Å². The van der Waals surface area contributed by atoms with Crippen LogP contribution in [-0.4, -0.2) is 34.6 Å². The highest BCUT2D eigenvalue weighted by atomic mass is 32.2. The van der Waals surface area contributed by atoms with Gasteiger partial charge in [-0.05, 0) is 43.7 Å². The molecule has 0 heterocycles. The molecular weight excluding hydrogens is 352 g/mol. The van der Waals surface area contributed by atoms with Crippen molar-refractivity contribution >= 4 is 23.4 Å². The second-order valence-electron chi connectivity index (χ2n) is 5.78. The summed E-state index contributed by atoms with van der Waals surface area (Å²) in [6.07, 6.45) is 0. The predicted molar refractivity (Wildman–Crippen MR) is 103 cm³/mol. The number of benzene rings is 2. The molecular formula is C19H22N2O4S. The van der Waals surface area contributed by atoms with E-state index in [1.807, 2.05) is 38.1 Å². The third-order valence-corrected chi connectivity index (χ3v) is 4.84. The van der Waals surface area contributed by atoms with Crippen LogP contribution in [0.5, 0.6) is 5.75 Å². The van der Waals surface area contributed by atoms with Gasteiger partial charge in [0, 0.05) is 30.6 Å². The zero-order chi connectivity index (χ0) is 19.1. The van der Waals surface area contributed by atoms with Crippen molar-refractivity contribution < 1.29 is 14.5 Å². The molecule has 0 spiro atoms. The van der Waals surface area contributed by atoms with Crippen LogP contribution in [0.15, 0.2) is 53.4 Å². The molecule has 6 nitrogen and oxygen atoms in total. The molecule has 0 saturated carbocycles. The van der Waals surface area contributed by atoms with Gasteiger partial charge >= 0.3 is 0 Å². The highest BCUT2D eigenvalue weighted by Gasteiger charge is 2.19. The first-order chi connectivity index (χ1) is 12.4. The summed E-state index contributed by atoms with van der Waals surface area (Å²) in [6.45, 7) is 4.90. The van der Waals surface area contributed by atoms with Crippen molar-refractivity contribution in [2.24, 2.45) is 0 Å². The van der Waals surface area contributed by atoms with E-state index >= 15 is 0 Å². The van der Waals surface area contributed by atoms with Crippen LogP contribution in [0.25, 0.3) is 0 Å². The number of non-ortho nitro benzene ring substituents is 1. The van der Waals surface area contributed by atoms with Gasteiger partial charge in [0.05, 0.1) is 16.8 Å². The Morgan fingerprint density at radius 1 is 1.19 bits per heavy atom. The Kier molecular flexibility index (Phi) is 7.03. The molecule has 0 unspecified atom stereocenters. The van der Waals surface area contributed by atoms with Crippen LogP contribution in [0.2, 0.25) is 0 Å². The zero-order valence-electron chi connectivity index (χ0n) is 15.0. The Balaban J connectivity index is 1.92. The molecule has 0 fully saturated rings. The minimum Gasteiger partial charge on any atom is -0.494 e. The molecule has 2 aromatic carbocycles. The molecule has 0 aliphatic heterocycles. The topological polar surface area (TPSA) is 72.7 Å². The van der Waals surface area contributed by atoms with Crippen molar-refractivity contribution in [1.82, 2.24) is 4.90 Å². The Labute approximate surface area is 157 Å². The van der Waals surface area contributed by atoms with Crippen LogP contribution < -0.4 is 4.74 Å². The summed E-state index contributed by atoms with van der Waals surface area (Å²) in [5.41, 5.74) is 1.07. The lowest BCUT2D eigenvalue weighted by atomic mass is 10.2. The molecule has 26 heavy (non-hydrogen) atoms. The molecule has 0 saturated heterocycles. The molecule has 138 valence electrons. The molecule has 0 N–H and O–H groups in total. The van der Waals surface area contributed by atoms with Crippen LogP contribution in [0.3, 0.4) is 0 Å². The van der Waals surface area contributed by atoms with E-state index in [4.69, 9.17) is 4.74 Å². The van der Waals surface area contributed by atoms with E-state index < -0.39 is 4.92 Å². The first-order valence-corrected chi connectivity index (χ1v) is 9.16. The fraction of sp³-hybridized carbons (Fsp3) is 0.316. The van der Waals surface area contributed by atoms with Crippen LogP contribution in [0, 0.1) is 10.1 Å². The number of thioether (sulfide) groups is 1. The third kappa shape index (κ3) is 5.49. The monoisotopic (exact) mass is 374 g/mol. The number of carbonyl (C=O) groups excluding carboxylic acids is 1. The Morgan fingerprint density at radius 3 is 2.35 bits per heavy atom. The molecule has 0 bridgehead atoms. The number of hydrogen-bond acceptors (Lipinski definition) is 5. The average Bonchev–Trinajstić information content (AvgIpc) is 2.63. The van der Waals surface area contributed by atoms with Crippen LogP contribution in [0.4, 0.5) is 5.69 Å². The molecule has 0 aromatic heterocycles. The number of nitro benzene ring substituents is 1. The lowest BCUT2D eigenvalue weighted by Crippen LogP contribution is -2.32. The molecule has 2 aromatic rings. The molecule has 2 rings (SSSR count). The summed E-state index contributed by atoms with van der Waals surface area (Å²) in [6, 6.07) is 13.9. The minimum atomic E-state index is -0.437. The first kappa shape index (κ1) is 19.8. The number of nitrogens with zero attached hydrogens (tertiary/aromatic N) is 2. The standard InChI is InChI=1S/C19H22N2O4S/c1-4-25-17-9-5-15(6-10-17)13-20(3)19(22)14(2)26-18-11-7-16(8-12-18)21(23)24/h5-12,14H,4,13H2,1-3H3/t14-/m0/s1. The lowest BCUT2D eigenvalue weighted by Gasteiger charge is -2.21. The van der Waals surface area contributed by atoms with E-state index in [1.54, 1.807) is 24.1 Å². The van der Waals surface area contributed by atoms with Crippen LogP contribution in [-0.2, 0) is 11.3 Å². The van der Waals surface area contributed by atoms with Crippen molar-refractivity contribution in [1.29, 1.82) is 0 Å². The van der Waals surface area contributed by atoms with Crippen LogP contribution in [0.1, 0.15) is 19.4 Å². The lowest BCUT2D eigenvalue weighted by molar-refractivity contribution is -0.384. The number of nitro groups is 1. The summed E-state index contributed by atoms with van der Waals surface area (Å²) < 4.78 is 5.42. The SMILES string of the molecule is CCOc1ccc(CN(C)C(=O)[C@H](C)Sc2ccc([N+](=O)[O-])cc2)cc1. The largest absolute Gasteiger partial charge is 0.494 e. The highest BCUT2D eigenvalue weighted by molar-refractivity contribution is 8.00. The molecule has 7 heteroatoms. The van der Waals surface area contributed by atoms with E-state index in [0.29, 0.717) is 13.2 Å². The van der Waals surface area contributed by atoms with Gasteiger partial charge in [0.15, 0.2) is 0 Å². The maximum absolute atomic E-state index is 12.6. The van der Waals surface area contributed by atoms with Gasteiger partial charge < -0.3 is 9.64 Å². The molecule has 1 amide bonds. The average molecular weight is 374 g/mol. The van der Waals surface area contributed by atoms with Gasteiger partial charge in [-0.2, -0.15) is 0 Å². The van der Waals surface area contributed by atoms with Gasteiger partial charge in [0.2, 0.25) is 5.91 Å². The third-order valence-electron chi connectivity index (χ3n) is 3.74. The number of rotatable bonds is 8. The van der Waals surface area contributed by atoms with Crippen molar-refractivity contribution in [3.05, 3.63) is 64.2 Å². The fourth-order valence-electron chi connectivity index (χ4n) is 2.42. The van der Waals surface area contributed by atoms with Crippen molar-refractivity contribution in [2.75, 3.05) is 13.7 Å². The van der Waals surface area contributed by atoms with E-state index in [9.17, 15) is 14.9 Å². The number of carbonyl (C=O) groups is 1. The van der Waals surface area contributed by atoms with Gasteiger partial charge in [-0.25, -0.2) is 0 Å². The highest BCUT2D eigenvalue weighted by Crippen LogP contribution is 2.26. The quantitative estimate of drug-likeness (QED) is 0.395.